The Kier molecular flexibility index (Phi) is 3.41. The Morgan fingerprint density at radius 2 is 2.44 bits per heavy atom. The summed E-state index contributed by atoms with van der Waals surface area (Å²) in [5, 5.41) is 16.1. The highest BCUT2D eigenvalue weighted by Gasteiger charge is 2.48. The van der Waals surface area contributed by atoms with Crippen molar-refractivity contribution in [2.45, 2.75) is 39.0 Å². The van der Waals surface area contributed by atoms with E-state index in [9.17, 15) is 9.90 Å². The number of amides is 1. The number of carbonyl (C=O) groups is 1. The Morgan fingerprint density at radius 3 is 3.00 bits per heavy atom. The molecule has 1 aliphatic carbocycles. The number of methoxy groups -OCH3 is 1. The molecule has 2 rings (SSSR count). The van der Waals surface area contributed by atoms with Gasteiger partial charge in [0, 0.05) is 24.6 Å². The first-order valence-electron chi connectivity index (χ1n) is 5.88. The molecule has 6 heteroatoms. The topological polar surface area (TPSA) is 84.6 Å². The Bertz CT molecular complexity index is 441. The molecule has 6 nitrogen and oxygen atoms in total. The van der Waals surface area contributed by atoms with Gasteiger partial charge in [-0.15, -0.1) is 0 Å². The minimum absolute atomic E-state index is 0.0393. The number of rotatable bonds is 4. The Hall–Kier alpha value is -1.40. The molecule has 0 aliphatic heterocycles. The number of ether oxygens (including phenoxy) is 1. The molecule has 2 N–H and O–H groups in total. The lowest BCUT2D eigenvalue weighted by molar-refractivity contribution is -0.0690. The normalized spacial score (nSPS) is 25.6. The number of aliphatic hydroxyl groups is 1. The monoisotopic (exact) mass is 254 g/mol. The van der Waals surface area contributed by atoms with Gasteiger partial charge in [0.2, 0.25) is 0 Å². The third kappa shape index (κ3) is 2.26. The second-order valence-electron chi connectivity index (χ2n) is 5.21. The van der Waals surface area contributed by atoms with Gasteiger partial charge in [0.05, 0.1) is 6.10 Å². The molecule has 100 valence electrons. The van der Waals surface area contributed by atoms with Crippen LogP contribution in [0, 0.1) is 5.41 Å². The van der Waals surface area contributed by atoms with Crippen LogP contribution in [0.4, 0.5) is 0 Å². The number of hydrogen-bond acceptors (Lipinski definition) is 5. The summed E-state index contributed by atoms with van der Waals surface area (Å²) < 4.78 is 9.83. The second kappa shape index (κ2) is 4.70. The highest BCUT2D eigenvalue weighted by Crippen LogP contribution is 2.40. The van der Waals surface area contributed by atoms with Crippen LogP contribution in [0.2, 0.25) is 0 Å². The fraction of sp³-hybridized carbons (Fsp3) is 0.667. The number of aliphatic hydroxyl groups excluding tert-OH is 1. The van der Waals surface area contributed by atoms with E-state index in [0.717, 1.165) is 0 Å². The number of nitrogens with one attached hydrogen (secondary N) is 1. The van der Waals surface area contributed by atoms with E-state index in [1.54, 1.807) is 13.2 Å². The van der Waals surface area contributed by atoms with Crippen LogP contribution in [0.15, 0.2) is 10.6 Å². The van der Waals surface area contributed by atoms with Gasteiger partial charge >= 0.3 is 0 Å². The van der Waals surface area contributed by atoms with Crippen LogP contribution in [0.25, 0.3) is 0 Å². The summed E-state index contributed by atoms with van der Waals surface area (Å²) in [6, 6.07) is 1.52. The average Bonchev–Trinajstić information content (AvgIpc) is 2.78. The first-order valence-corrected chi connectivity index (χ1v) is 5.88. The molecule has 0 saturated heterocycles. The summed E-state index contributed by atoms with van der Waals surface area (Å²) in [6.07, 6.45) is 0.200. The summed E-state index contributed by atoms with van der Waals surface area (Å²) in [5.41, 5.74) is -0.0615. The lowest BCUT2D eigenvalue weighted by Gasteiger charge is -2.49. The van der Waals surface area contributed by atoms with Crippen molar-refractivity contribution < 1.29 is 19.2 Å². The predicted molar refractivity (Wildman–Crippen MR) is 62.9 cm³/mol. The van der Waals surface area contributed by atoms with E-state index in [0.29, 0.717) is 12.2 Å². The van der Waals surface area contributed by atoms with Gasteiger partial charge < -0.3 is 19.7 Å². The molecular formula is C12H18N2O4. The summed E-state index contributed by atoms with van der Waals surface area (Å²) in [4.78, 5) is 11.9. The number of hydrogen-bond donors (Lipinski definition) is 2. The van der Waals surface area contributed by atoms with Crippen molar-refractivity contribution in [2.24, 2.45) is 5.41 Å². The molecule has 1 aromatic rings. The number of carbonyl (C=O) groups excluding carboxylic acids is 1. The summed E-state index contributed by atoms with van der Waals surface area (Å²) in [5.74, 6) is 0.224. The highest BCUT2D eigenvalue weighted by atomic mass is 16.5. The standard InChI is InChI=1S/C12H18N2O4/c1-12(2)9(5-10(12)15)13-11(16)8-4-7(6-17-3)18-14-8/h4,9-10,15H,5-6H2,1-3H3,(H,13,16). The predicted octanol–water partition coefficient (Wildman–Crippen LogP) is 0.710. The smallest absolute Gasteiger partial charge is 0.273 e. The Balaban J connectivity index is 1.96. The first-order chi connectivity index (χ1) is 8.45. The molecular weight excluding hydrogens is 236 g/mol. The molecule has 2 atom stereocenters. The minimum Gasteiger partial charge on any atom is -0.392 e. The summed E-state index contributed by atoms with van der Waals surface area (Å²) >= 11 is 0. The van der Waals surface area contributed by atoms with Gasteiger partial charge in [0.15, 0.2) is 11.5 Å². The van der Waals surface area contributed by atoms with E-state index >= 15 is 0 Å². The van der Waals surface area contributed by atoms with Gasteiger partial charge in [-0.1, -0.05) is 19.0 Å². The molecule has 1 aromatic heterocycles. The lowest BCUT2D eigenvalue weighted by Crippen LogP contribution is -2.61. The molecule has 0 radical (unpaired) electrons. The van der Waals surface area contributed by atoms with Crippen LogP contribution < -0.4 is 5.32 Å². The Morgan fingerprint density at radius 1 is 1.72 bits per heavy atom. The van der Waals surface area contributed by atoms with Crippen LogP contribution in [0.5, 0.6) is 0 Å². The number of nitrogens with zero attached hydrogens (tertiary/aromatic N) is 1. The van der Waals surface area contributed by atoms with Crippen LogP contribution in [0.1, 0.15) is 36.5 Å². The van der Waals surface area contributed by atoms with E-state index in [2.05, 4.69) is 10.5 Å². The highest BCUT2D eigenvalue weighted by molar-refractivity contribution is 5.92. The third-order valence-corrected chi connectivity index (χ3v) is 3.60. The largest absolute Gasteiger partial charge is 0.392 e. The molecule has 1 heterocycles. The van der Waals surface area contributed by atoms with Crippen molar-refractivity contribution in [3.8, 4) is 0 Å². The molecule has 0 spiro atoms. The summed E-state index contributed by atoms with van der Waals surface area (Å²) in [7, 11) is 1.54. The maximum atomic E-state index is 11.9. The molecule has 0 bridgehead atoms. The zero-order valence-electron chi connectivity index (χ0n) is 10.8. The van der Waals surface area contributed by atoms with E-state index in [-0.39, 0.29) is 35.8 Å². The van der Waals surface area contributed by atoms with Gasteiger partial charge in [-0.25, -0.2) is 0 Å². The summed E-state index contributed by atoms with van der Waals surface area (Å²) in [6.45, 7) is 4.13. The Labute approximate surface area is 105 Å². The SMILES string of the molecule is COCc1cc(C(=O)NC2CC(O)C2(C)C)no1. The molecule has 1 fully saturated rings. The van der Waals surface area contributed by atoms with Crippen LogP contribution in [0.3, 0.4) is 0 Å². The number of aromatic nitrogens is 1. The molecule has 18 heavy (non-hydrogen) atoms. The van der Waals surface area contributed by atoms with E-state index < -0.39 is 0 Å². The van der Waals surface area contributed by atoms with E-state index in [1.165, 1.54) is 0 Å². The minimum atomic E-state index is -0.371. The first kappa shape index (κ1) is 13.0. The zero-order chi connectivity index (χ0) is 13.3. The van der Waals surface area contributed by atoms with Crippen molar-refractivity contribution in [1.82, 2.24) is 10.5 Å². The maximum absolute atomic E-state index is 11.9. The van der Waals surface area contributed by atoms with Gasteiger partial charge in [-0.2, -0.15) is 0 Å². The molecule has 1 amide bonds. The van der Waals surface area contributed by atoms with Crippen molar-refractivity contribution in [3.63, 3.8) is 0 Å². The second-order valence-corrected chi connectivity index (χ2v) is 5.21. The van der Waals surface area contributed by atoms with Crippen molar-refractivity contribution in [1.29, 1.82) is 0 Å². The molecule has 1 saturated carbocycles. The average molecular weight is 254 g/mol. The third-order valence-electron chi connectivity index (χ3n) is 3.60. The molecule has 0 aromatic carbocycles. The van der Waals surface area contributed by atoms with Gasteiger partial charge in [-0.05, 0) is 6.42 Å². The van der Waals surface area contributed by atoms with Gasteiger partial charge in [-0.3, -0.25) is 4.79 Å². The van der Waals surface area contributed by atoms with Crippen LogP contribution in [-0.4, -0.2) is 35.4 Å². The van der Waals surface area contributed by atoms with Crippen molar-refractivity contribution >= 4 is 5.91 Å². The quantitative estimate of drug-likeness (QED) is 0.826. The van der Waals surface area contributed by atoms with Crippen molar-refractivity contribution in [3.05, 3.63) is 17.5 Å². The maximum Gasteiger partial charge on any atom is 0.273 e. The van der Waals surface area contributed by atoms with Gasteiger partial charge in [0.1, 0.15) is 6.61 Å². The van der Waals surface area contributed by atoms with E-state index in [1.807, 2.05) is 13.8 Å². The zero-order valence-corrected chi connectivity index (χ0v) is 10.8. The van der Waals surface area contributed by atoms with Crippen LogP contribution in [-0.2, 0) is 11.3 Å². The fourth-order valence-corrected chi connectivity index (χ4v) is 2.01. The van der Waals surface area contributed by atoms with Crippen LogP contribution >= 0.6 is 0 Å². The van der Waals surface area contributed by atoms with E-state index in [4.69, 9.17) is 9.26 Å². The molecule has 2 unspecified atom stereocenters. The molecule has 1 aliphatic rings. The fourth-order valence-electron chi connectivity index (χ4n) is 2.01. The lowest BCUT2D eigenvalue weighted by atomic mass is 9.64. The van der Waals surface area contributed by atoms with Gasteiger partial charge in [0.25, 0.3) is 5.91 Å². The van der Waals surface area contributed by atoms with Crippen molar-refractivity contribution in [2.75, 3.05) is 7.11 Å².